The van der Waals surface area contributed by atoms with Crippen molar-refractivity contribution in [3.63, 3.8) is 0 Å². The number of halogens is 1. The molecular formula is C29H26BrN5O5. The van der Waals surface area contributed by atoms with Gasteiger partial charge in [0.25, 0.3) is 5.56 Å². The molecule has 0 aliphatic carbocycles. The first-order valence-electron chi connectivity index (χ1n) is 12.6. The SMILES string of the molecule is CCOc1cc(C=Nn2c([C@H](C)CC)nc3ccc(Br)cc3c2=O)cc([N+](=O)[O-])c1OCc1ccccc1C#N. The van der Waals surface area contributed by atoms with Crippen LogP contribution in [0.5, 0.6) is 11.5 Å². The maximum Gasteiger partial charge on any atom is 0.315 e. The molecule has 0 spiro atoms. The molecule has 0 saturated heterocycles. The summed E-state index contributed by atoms with van der Waals surface area (Å²) < 4.78 is 13.5. The van der Waals surface area contributed by atoms with E-state index < -0.39 is 4.92 Å². The van der Waals surface area contributed by atoms with E-state index in [9.17, 15) is 20.2 Å². The summed E-state index contributed by atoms with van der Waals surface area (Å²) >= 11 is 3.39. The number of nitrogens with zero attached hydrogens (tertiary/aromatic N) is 5. The molecule has 0 N–H and O–H groups in total. The molecule has 204 valence electrons. The first-order valence-corrected chi connectivity index (χ1v) is 13.4. The maximum atomic E-state index is 13.4. The van der Waals surface area contributed by atoms with Crippen LogP contribution in [-0.4, -0.2) is 27.4 Å². The number of nitro groups is 1. The number of fused-ring (bicyclic) bond motifs is 1. The largest absolute Gasteiger partial charge is 0.490 e. The molecular weight excluding hydrogens is 578 g/mol. The zero-order chi connectivity index (χ0) is 28.8. The second-order valence-corrected chi connectivity index (χ2v) is 9.83. The van der Waals surface area contributed by atoms with Crippen molar-refractivity contribution in [2.75, 3.05) is 6.61 Å². The zero-order valence-electron chi connectivity index (χ0n) is 22.1. The molecule has 4 aromatic rings. The molecule has 4 rings (SSSR count). The Morgan fingerprint density at radius 3 is 2.67 bits per heavy atom. The number of rotatable bonds is 10. The van der Waals surface area contributed by atoms with Gasteiger partial charge >= 0.3 is 5.69 Å². The van der Waals surface area contributed by atoms with Crippen LogP contribution < -0.4 is 15.0 Å². The normalized spacial score (nSPS) is 11.9. The summed E-state index contributed by atoms with van der Waals surface area (Å²) in [7, 11) is 0. The highest BCUT2D eigenvalue weighted by Crippen LogP contribution is 2.39. The van der Waals surface area contributed by atoms with Crippen LogP contribution in [0.3, 0.4) is 0 Å². The van der Waals surface area contributed by atoms with Gasteiger partial charge < -0.3 is 9.47 Å². The van der Waals surface area contributed by atoms with E-state index in [0.29, 0.717) is 33.4 Å². The molecule has 0 bridgehead atoms. The van der Waals surface area contributed by atoms with E-state index in [1.165, 1.54) is 17.0 Å². The van der Waals surface area contributed by atoms with Crippen LogP contribution in [0, 0.1) is 21.4 Å². The van der Waals surface area contributed by atoms with Crippen molar-refractivity contribution in [2.24, 2.45) is 5.10 Å². The monoisotopic (exact) mass is 603 g/mol. The smallest absolute Gasteiger partial charge is 0.315 e. The molecule has 0 aliphatic rings. The number of aromatic nitrogens is 2. The third-order valence-electron chi connectivity index (χ3n) is 6.27. The highest BCUT2D eigenvalue weighted by Gasteiger charge is 2.23. The molecule has 0 radical (unpaired) electrons. The number of ether oxygens (including phenoxy) is 2. The van der Waals surface area contributed by atoms with Gasteiger partial charge in [0.2, 0.25) is 5.75 Å². The Labute approximate surface area is 238 Å². The van der Waals surface area contributed by atoms with Gasteiger partial charge in [0, 0.05) is 27.6 Å². The summed E-state index contributed by atoms with van der Waals surface area (Å²) in [5.74, 6) is 0.488. The Balaban J connectivity index is 1.79. The lowest BCUT2D eigenvalue weighted by Crippen LogP contribution is -2.23. The Morgan fingerprint density at radius 1 is 1.20 bits per heavy atom. The molecule has 11 heteroatoms. The average Bonchev–Trinajstić information content (AvgIpc) is 2.95. The van der Waals surface area contributed by atoms with Gasteiger partial charge in [-0.1, -0.05) is 48.0 Å². The second kappa shape index (κ2) is 12.5. The Hall–Kier alpha value is -4.56. The molecule has 10 nitrogen and oxygen atoms in total. The number of nitro benzene ring substituents is 1. The Morgan fingerprint density at radius 2 is 1.98 bits per heavy atom. The molecule has 0 amide bonds. The van der Waals surface area contributed by atoms with E-state index in [1.54, 1.807) is 49.4 Å². The number of benzene rings is 3. The van der Waals surface area contributed by atoms with Crippen LogP contribution in [0.1, 0.15) is 55.6 Å². The van der Waals surface area contributed by atoms with Crippen molar-refractivity contribution >= 4 is 38.7 Å². The van der Waals surface area contributed by atoms with Crippen molar-refractivity contribution in [1.29, 1.82) is 5.26 Å². The molecule has 0 saturated carbocycles. The van der Waals surface area contributed by atoms with Gasteiger partial charge in [-0.05, 0) is 43.7 Å². The van der Waals surface area contributed by atoms with E-state index in [4.69, 9.17) is 9.47 Å². The first-order chi connectivity index (χ1) is 19.3. The lowest BCUT2D eigenvalue weighted by atomic mass is 10.1. The molecule has 0 aliphatic heterocycles. The van der Waals surface area contributed by atoms with E-state index in [0.717, 1.165) is 10.9 Å². The maximum absolute atomic E-state index is 13.4. The third kappa shape index (κ3) is 6.02. The molecule has 3 aromatic carbocycles. The quantitative estimate of drug-likeness (QED) is 0.118. The standard InChI is InChI=1S/C29H26BrN5O5/c1-4-18(3)28-33-24-11-10-22(30)14-23(24)29(36)34(28)32-16-19-12-25(35(37)38)27(26(13-19)39-5-2)40-17-21-9-7-6-8-20(21)15-31/h6-14,16,18H,4-5,17H2,1-3H3/t18-/m1/s1. The topological polar surface area (TPSA) is 133 Å². The van der Waals surface area contributed by atoms with E-state index in [-0.39, 0.29) is 41.9 Å². The molecule has 0 fully saturated rings. The minimum absolute atomic E-state index is 0.0635. The van der Waals surface area contributed by atoms with Gasteiger partial charge in [0.05, 0.1) is 40.3 Å². The van der Waals surface area contributed by atoms with Crippen molar-refractivity contribution in [2.45, 2.75) is 39.7 Å². The Kier molecular flexibility index (Phi) is 8.91. The van der Waals surface area contributed by atoms with Crippen LogP contribution in [0.25, 0.3) is 10.9 Å². The predicted octanol–water partition coefficient (Wildman–Crippen LogP) is 6.31. The zero-order valence-corrected chi connectivity index (χ0v) is 23.7. The average molecular weight is 604 g/mol. The number of hydrogen-bond acceptors (Lipinski definition) is 8. The Bertz CT molecular complexity index is 1710. The van der Waals surface area contributed by atoms with Gasteiger partial charge in [0.1, 0.15) is 12.4 Å². The highest BCUT2D eigenvalue weighted by molar-refractivity contribution is 9.10. The van der Waals surface area contributed by atoms with E-state index >= 15 is 0 Å². The van der Waals surface area contributed by atoms with Crippen LogP contribution in [0.2, 0.25) is 0 Å². The van der Waals surface area contributed by atoms with Crippen LogP contribution >= 0.6 is 15.9 Å². The van der Waals surface area contributed by atoms with Crippen molar-refractivity contribution in [3.8, 4) is 17.6 Å². The van der Waals surface area contributed by atoms with Crippen LogP contribution in [0.4, 0.5) is 5.69 Å². The van der Waals surface area contributed by atoms with Crippen LogP contribution in [0.15, 0.2) is 69.0 Å². The molecule has 1 atom stereocenters. The summed E-state index contributed by atoms with van der Waals surface area (Å²) in [5, 5.41) is 26.2. The van der Waals surface area contributed by atoms with E-state index in [2.05, 4.69) is 32.1 Å². The molecule has 1 heterocycles. The predicted molar refractivity (Wildman–Crippen MR) is 155 cm³/mol. The summed E-state index contributed by atoms with van der Waals surface area (Å²) in [5.41, 5.74) is 1.19. The summed E-state index contributed by atoms with van der Waals surface area (Å²) in [6, 6.07) is 17.1. The summed E-state index contributed by atoms with van der Waals surface area (Å²) in [6.07, 6.45) is 2.09. The number of nitriles is 1. The van der Waals surface area contributed by atoms with E-state index in [1.807, 2.05) is 19.9 Å². The van der Waals surface area contributed by atoms with Gasteiger partial charge in [-0.15, -0.1) is 0 Å². The molecule has 1 aromatic heterocycles. The lowest BCUT2D eigenvalue weighted by molar-refractivity contribution is -0.386. The molecule has 40 heavy (non-hydrogen) atoms. The lowest BCUT2D eigenvalue weighted by Gasteiger charge is -2.15. The highest BCUT2D eigenvalue weighted by atomic mass is 79.9. The fraction of sp³-hybridized carbons (Fsp3) is 0.241. The van der Waals surface area contributed by atoms with Crippen molar-refractivity contribution in [1.82, 2.24) is 9.66 Å². The number of hydrogen-bond donors (Lipinski definition) is 0. The molecule has 0 unspecified atom stereocenters. The summed E-state index contributed by atoms with van der Waals surface area (Å²) in [6.45, 7) is 5.85. The van der Waals surface area contributed by atoms with Crippen molar-refractivity contribution < 1.29 is 14.4 Å². The first kappa shape index (κ1) is 28.4. The van der Waals surface area contributed by atoms with Gasteiger partial charge in [-0.25, -0.2) is 4.98 Å². The minimum Gasteiger partial charge on any atom is -0.490 e. The third-order valence-corrected chi connectivity index (χ3v) is 6.77. The fourth-order valence-electron chi connectivity index (χ4n) is 4.03. The van der Waals surface area contributed by atoms with Gasteiger partial charge in [-0.2, -0.15) is 15.0 Å². The van der Waals surface area contributed by atoms with Crippen molar-refractivity contribution in [3.05, 3.63) is 102 Å². The second-order valence-electron chi connectivity index (χ2n) is 8.92. The van der Waals surface area contributed by atoms with Gasteiger partial charge in [0.15, 0.2) is 5.75 Å². The van der Waals surface area contributed by atoms with Crippen LogP contribution in [-0.2, 0) is 6.61 Å². The minimum atomic E-state index is -0.572. The fourth-order valence-corrected chi connectivity index (χ4v) is 4.40. The summed E-state index contributed by atoms with van der Waals surface area (Å²) in [4.78, 5) is 29.6. The van der Waals surface area contributed by atoms with Gasteiger partial charge in [-0.3, -0.25) is 14.9 Å².